The molecule has 112 valence electrons. The molecule has 2 amide bonds. The zero-order chi connectivity index (χ0) is 15.3. The Hall–Kier alpha value is -1.82. The molecule has 1 unspecified atom stereocenters. The topological polar surface area (TPSA) is 70.6 Å². The Labute approximate surface area is 118 Å². The van der Waals surface area contributed by atoms with E-state index >= 15 is 0 Å². The summed E-state index contributed by atoms with van der Waals surface area (Å²) >= 11 is 0. The van der Waals surface area contributed by atoms with Crippen molar-refractivity contribution < 1.29 is 19.0 Å². The van der Waals surface area contributed by atoms with Crippen molar-refractivity contribution in [3.8, 4) is 5.75 Å². The van der Waals surface area contributed by atoms with Gasteiger partial charge in [0.2, 0.25) is 0 Å². The molecule has 0 fully saturated rings. The average molecular weight is 284 g/mol. The quantitative estimate of drug-likeness (QED) is 0.777. The normalized spacial score (nSPS) is 13.8. The molecule has 0 aliphatic heterocycles. The Balaban J connectivity index is 2.57. The van der Waals surface area contributed by atoms with Gasteiger partial charge in [0.1, 0.15) is 0 Å². The van der Waals surface area contributed by atoms with Crippen molar-refractivity contribution in [3.05, 3.63) is 24.0 Å². The molecule has 0 aliphatic rings. The minimum Gasteiger partial charge on any atom is -0.494 e. The number of ether oxygens (including phenoxy) is 1. The predicted molar refractivity (Wildman–Crippen MR) is 75.4 cm³/mol. The Morgan fingerprint density at radius 1 is 1.50 bits per heavy atom. The molecule has 0 spiro atoms. The van der Waals surface area contributed by atoms with Crippen LogP contribution in [0.5, 0.6) is 5.75 Å². The fourth-order valence-corrected chi connectivity index (χ4v) is 1.38. The molecule has 5 nitrogen and oxygen atoms in total. The number of rotatable bonds is 5. The zero-order valence-corrected chi connectivity index (χ0v) is 12.2. The van der Waals surface area contributed by atoms with Gasteiger partial charge in [0.25, 0.3) is 0 Å². The largest absolute Gasteiger partial charge is 0.494 e. The minimum absolute atomic E-state index is 0.00114. The van der Waals surface area contributed by atoms with E-state index in [-0.39, 0.29) is 18.2 Å². The number of methoxy groups -OCH3 is 1. The van der Waals surface area contributed by atoms with E-state index in [1.807, 2.05) is 13.8 Å². The van der Waals surface area contributed by atoms with E-state index in [0.717, 1.165) is 0 Å². The molecular formula is C14H21FN2O3. The summed E-state index contributed by atoms with van der Waals surface area (Å²) in [5.74, 6) is -0.445. The van der Waals surface area contributed by atoms with Crippen LogP contribution in [0.3, 0.4) is 0 Å². The van der Waals surface area contributed by atoms with E-state index in [0.29, 0.717) is 5.69 Å². The SMILES string of the molecule is COc1ccc(NC(=O)NCC(C)(O)C(C)C)cc1F. The molecule has 1 rings (SSSR count). The molecule has 6 heteroatoms. The van der Waals surface area contributed by atoms with Crippen molar-refractivity contribution in [2.45, 2.75) is 26.4 Å². The number of carbonyl (C=O) groups is 1. The third kappa shape index (κ3) is 4.38. The van der Waals surface area contributed by atoms with Crippen LogP contribution in [0.4, 0.5) is 14.9 Å². The van der Waals surface area contributed by atoms with Crippen LogP contribution in [0.2, 0.25) is 0 Å². The first-order chi connectivity index (χ1) is 9.26. The molecule has 0 saturated heterocycles. The maximum absolute atomic E-state index is 13.4. The number of hydrogen-bond donors (Lipinski definition) is 3. The second-order valence-electron chi connectivity index (χ2n) is 5.17. The second kappa shape index (κ2) is 6.56. The highest BCUT2D eigenvalue weighted by Crippen LogP contribution is 2.20. The molecule has 0 aliphatic carbocycles. The van der Waals surface area contributed by atoms with E-state index < -0.39 is 17.4 Å². The van der Waals surface area contributed by atoms with Crippen LogP contribution in [-0.4, -0.2) is 30.4 Å². The minimum atomic E-state index is -0.998. The van der Waals surface area contributed by atoms with Crippen LogP contribution in [0.25, 0.3) is 0 Å². The summed E-state index contributed by atoms with van der Waals surface area (Å²) in [7, 11) is 1.37. The average Bonchev–Trinajstić information content (AvgIpc) is 2.36. The number of urea groups is 1. The van der Waals surface area contributed by atoms with Crippen LogP contribution in [0.15, 0.2) is 18.2 Å². The summed E-state index contributed by atoms with van der Waals surface area (Å²) < 4.78 is 18.2. The summed E-state index contributed by atoms with van der Waals surface area (Å²) in [5, 5.41) is 15.0. The van der Waals surface area contributed by atoms with Crippen molar-refractivity contribution in [3.63, 3.8) is 0 Å². The van der Waals surface area contributed by atoms with E-state index in [2.05, 4.69) is 10.6 Å². The van der Waals surface area contributed by atoms with Crippen LogP contribution in [-0.2, 0) is 0 Å². The maximum Gasteiger partial charge on any atom is 0.319 e. The first kappa shape index (κ1) is 16.2. The van der Waals surface area contributed by atoms with Gasteiger partial charge in [-0.25, -0.2) is 9.18 Å². The number of amides is 2. The number of anilines is 1. The van der Waals surface area contributed by atoms with Crippen LogP contribution < -0.4 is 15.4 Å². The van der Waals surface area contributed by atoms with Gasteiger partial charge in [-0.2, -0.15) is 0 Å². The van der Waals surface area contributed by atoms with Crippen LogP contribution in [0, 0.1) is 11.7 Å². The van der Waals surface area contributed by atoms with Gasteiger partial charge in [-0.05, 0) is 25.0 Å². The molecule has 1 atom stereocenters. The highest BCUT2D eigenvalue weighted by molar-refractivity contribution is 5.89. The molecule has 20 heavy (non-hydrogen) atoms. The first-order valence-corrected chi connectivity index (χ1v) is 6.37. The fourth-order valence-electron chi connectivity index (χ4n) is 1.38. The summed E-state index contributed by atoms with van der Waals surface area (Å²) in [4.78, 5) is 11.7. The molecule has 1 aromatic rings. The third-order valence-electron chi connectivity index (χ3n) is 3.26. The number of hydrogen-bond acceptors (Lipinski definition) is 3. The van der Waals surface area contributed by atoms with Gasteiger partial charge in [-0.15, -0.1) is 0 Å². The summed E-state index contributed by atoms with van der Waals surface area (Å²) in [6.07, 6.45) is 0. The summed E-state index contributed by atoms with van der Waals surface area (Å²) in [6, 6.07) is 3.62. The molecule has 0 aromatic heterocycles. The number of carbonyl (C=O) groups excluding carboxylic acids is 1. The lowest BCUT2D eigenvalue weighted by molar-refractivity contribution is 0.0170. The Kier molecular flexibility index (Phi) is 5.33. The molecule has 1 aromatic carbocycles. The van der Waals surface area contributed by atoms with Gasteiger partial charge < -0.3 is 20.5 Å². The lowest BCUT2D eigenvalue weighted by Gasteiger charge is -2.27. The van der Waals surface area contributed by atoms with Gasteiger partial charge in [0.05, 0.1) is 12.7 Å². The Bertz CT molecular complexity index is 475. The Morgan fingerprint density at radius 3 is 2.65 bits per heavy atom. The predicted octanol–water partition coefficient (Wildman–Crippen LogP) is 2.36. The van der Waals surface area contributed by atoms with Gasteiger partial charge in [-0.3, -0.25) is 0 Å². The monoisotopic (exact) mass is 284 g/mol. The molecule has 0 heterocycles. The van der Waals surface area contributed by atoms with Gasteiger partial charge in [-0.1, -0.05) is 13.8 Å². The number of nitrogens with one attached hydrogen (secondary N) is 2. The molecule has 0 radical (unpaired) electrons. The fraction of sp³-hybridized carbons (Fsp3) is 0.500. The lowest BCUT2D eigenvalue weighted by atomic mass is 9.93. The number of benzene rings is 1. The van der Waals surface area contributed by atoms with Crippen LogP contribution in [0.1, 0.15) is 20.8 Å². The van der Waals surface area contributed by atoms with E-state index in [9.17, 15) is 14.3 Å². The van der Waals surface area contributed by atoms with Gasteiger partial charge in [0.15, 0.2) is 11.6 Å². The van der Waals surface area contributed by atoms with E-state index in [4.69, 9.17) is 4.74 Å². The number of halogens is 1. The highest BCUT2D eigenvalue weighted by atomic mass is 19.1. The lowest BCUT2D eigenvalue weighted by Crippen LogP contribution is -2.45. The van der Waals surface area contributed by atoms with Crippen molar-refractivity contribution in [1.29, 1.82) is 0 Å². The van der Waals surface area contributed by atoms with Gasteiger partial charge in [0, 0.05) is 18.3 Å². The first-order valence-electron chi connectivity index (χ1n) is 6.37. The smallest absolute Gasteiger partial charge is 0.319 e. The van der Waals surface area contributed by atoms with Crippen molar-refractivity contribution in [2.24, 2.45) is 5.92 Å². The summed E-state index contributed by atoms with van der Waals surface area (Å²) in [5.41, 5.74) is -0.687. The van der Waals surface area contributed by atoms with Crippen molar-refractivity contribution >= 4 is 11.7 Å². The van der Waals surface area contributed by atoms with E-state index in [1.54, 1.807) is 6.92 Å². The van der Waals surface area contributed by atoms with Crippen LogP contribution >= 0.6 is 0 Å². The summed E-state index contributed by atoms with van der Waals surface area (Å²) in [6.45, 7) is 5.47. The zero-order valence-electron chi connectivity index (χ0n) is 12.2. The Morgan fingerprint density at radius 2 is 2.15 bits per heavy atom. The molecule has 3 N–H and O–H groups in total. The number of aliphatic hydroxyl groups is 1. The molecule has 0 saturated carbocycles. The molecular weight excluding hydrogens is 263 g/mol. The van der Waals surface area contributed by atoms with Crippen molar-refractivity contribution in [1.82, 2.24) is 5.32 Å². The molecule has 0 bridgehead atoms. The van der Waals surface area contributed by atoms with Gasteiger partial charge >= 0.3 is 6.03 Å². The maximum atomic E-state index is 13.4. The highest BCUT2D eigenvalue weighted by Gasteiger charge is 2.25. The van der Waals surface area contributed by atoms with Crippen molar-refractivity contribution in [2.75, 3.05) is 19.0 Å². The second-order valence-corrected chi connectivity index (χ2v) is 5.17. The standard InChI is InChI=1S/C14H21FN2O3/c1-9(2)14(3,19)8-16-13(18)17-10-5-6-12(20-4)11(15)7-10/h5-7,9,19H,8H2,1-4H3,(H2,16,17,18). The van der Waals surface area contributed by atoms with E-state index in [1.165, 1.54) is 25.3 Å². The third-order valence-corrected chi connectivity index (χ3v) is 3.26.